The smallest absolute Gasteiger partial charge is 0.416 e. The quantitative estimate of drug-likeness (QED) is 0.0712. The lowest BCUT2D eigenvalue weighted by atomic mass is 9.97. The summed E-state index contributed by atoms with van der Waals surface area (Å²) < 4.78 is 42.4. The standard InChI is InChI=1S/C56H98O5Si6/c1-62(2,31-27-51-39-43-19-23-47(51)35-43)57-66(55-15-11-9-12-16-55,58-63(3,4)32-28-52-40-44-20-24-48(52)36-44)61-67(56-17-13-10-14-18-56,59-64(5,6)33-29-53-41-45-21-25-49(53)37-45)60-65(7,8)34-30-54-42-46-22-26-50(54)38-46/h39-50,55-56H,9-38H2,1-8H3. The first-order valence-corrected chi connectivity index (χ1v) is 45.3. The van der Waals surface area contributed by atoms with Crippen molar-refractivity contribution in [2.75, 3.05) is 0 Å². The van der Waals surface area contributed by atoms with Gasteiger partial charge in [0, 0.05) is 11.1 Å². The van der Waals surface area contributed by atoms with Crippen LogP contribution in [0.1, 0.15) is 167 Å². The van der Waals surface area contributed by atoms with Crippen LogP contribution in [0.2, 0.25) is 87.6 Å². The minimum absolute atomic E-state index is 0.332. The molecular formula is C56H98O5Si6. The summed E-state index contributed by atoms with van der Waals surface area (Å²) >= 11 is 0. The van der Waals surface area contributed by atoms with Gasteiger partial charge in [0.15, 0.2) is 33.3 Å². The maximum absolute atomic E-state index is 8.80. The van der Waals surface area contributed by atoms with Crippen molar-refractivity contribution in [2.24, 2.45) is 47.3 Å². The lowest BCUT2D eigenvalue weighted by molar-refractivity contribution is 0.140. The fourth-order valence-corrected chi connectivity index (χ4v) is 44.8. The van der Waals surface area contributed by atoms with Gasteiger partial charge in [0.25, 0.3) is 0 Å². The normalized spacial score (nSPS) is 33.9. The van der Waals surface area contributed by atoms with Crippen molar-refractivity contribution >= 4 is 50.9 Å². The van der Waals surface area contributed by atoms with Gasteiger partial charge in [-0.1, -0.05) is 85.1 Å². The van der Waals surface area contributed by atoms with Crippen LogP contribution in [0.5, 0.6) is 0 Å². The number of allylic oxidation sites excluding steroid dienone is 8. The second-order valence-corrected chi connectivity index (χ2v) is 51.7. The molecule has 0 aromatic heterocycles. The summed E-state index contributed by atoms with van der Waals surface area (Å²) in [5.41, 5.74) is 7.70. The van der Waals surface area contributed by atoms with Crippen LogP contribution in [-0.2, 0) is 20.6 Å². The van der Waals surface area contributed by atoms with Crippen molar-refractivity contribution in [1.29, 1.82) is 0 Å². The summed E-state index contributed by atoms with van der Waals surface area (Å²) in [5, 5.41) is 0. The Morgan fingerprint density at radius 3 is 0.791 bits per heavy atom. The third-order valence-corrected chi connectivity index (χ3v) is 44.7. The molecule has 8 unspecified atom stereocenters. The van der Waals surface area contributed by atoms with E-state index in [1.54, 1.807) is 22.3 Å². The monoisotopic (exact) mass is 1020 g/mol. The zero-order valence-electron chi connectivity index (χ0n) is 44.3. The molecular weight excluding hydrogens is 921 g/mol. The molecule has 67 heavy (non-hydrogen) atoms. The zero-order chi connectivity index (χ0) is 46.7. The number of hydrogen-bond acceptors (Lipinski definition) is 5. The Hall–Kier alpha value is 0.0613. The van der Waals surface area contributed by atoms with E-state index in [0.29, 0.717) is 11.1 Å². The third kappa shape index (κ3) is 12.0. The lowest BCUT2D eigenvalue weighted by Crippen LogP contribution is -2.71. The van der Waals surface area contributed by atoms with Crippen molar-refractivity contribution in [3.63, 3.8) is 0 Å². The SMILES string of the molecule is C[Si](C)(CCC1=CC2CCC1C2)O[Si](O[Si](C)(C)CCC1=CC2CCC1C2)(O[Si](O[Si](C)(C)CCC1=CC2CCC1C2)(O[Si](C)(C)CCC1=CC2CCC1C2)C1CCCCC1)C1CCCCC1. The highest BCUT2D eigenvalue weighted by Crippen LogP contribution is 2.54. The largest absolute Gasteiger partial charge is 0.475 e. The van der Waals surface area contributed by atoms with Crippen molar-refractivity contribution in [3.8, 4) is 0 Å². The van der Waals surface area contributed by atoms with E-state index in [1.807, 2.05) is 0 Å². The second-order valence-electron chi connectivity index (χ2n) is 27.5. The first-order valence-electron chi connectivity index (χ1n) is 29.3. The third-order valence-electron chi connectivity index (χ3n) is 20.0. The molecule has 8 bridgehead atoms. The minimum atomic E-state index is -3.47. The van der Waals surface area contributed by atoms with E-state index in [0.717, 1.165) is 47.3 Å². The summed E-state index contributed by atoms with van der Waals surface area (Å²) in [6.07, 6.45) is 44.9. The highest BCUT2D eigenvalue weighted by molar-refractivity contribution is 6.94. The molecule has 0 N–H and O–H groups in total. The topological polar surface area (TPSA) is 46.2 Å². The van der Waals surface area contributed by atoms with Crippen molar-refractivity contribution in [3.05, 3.63) is 46.6 Å². The number of rotatable bonds is 24. The molecule has 0 saturated heterocycles. The van der Waals surface area contributed by atoms with Gasteiger partial charge in [-0.3, -0.25) is 0 Å². The highest BCUT2D eigenvalue weighted by Gasteiger charge is 2.66. The first-order chi connectivity index (χ1) is 31.9. The van der Waals surface area contributed by atoms with E-state index in [2.05, 4.69) is 76.7 Å². The van der Waals surface area contributed by atoms with Crippen LogP contribution in [0, 0.1) is 47.3 Å². The molecule has 0 aliphatic heterocycles. The Labute approximate surface area is 417 Å². The second kappa shape index (κ2) is 20.4. The first kappa shape index (κ1) is 50.6. The van der Waals surface area contributed by atoms with E-state index in [4.69, 9.17) is 20.6 Å². The van der Waals surface area contributed by atoms with Crippen LogP contribution < -0.4 is 0 Å². The van der Waals surface area contributed by atoms with E-state index in [-0.39, 0.29) is 0 Å². The lowest BCUT2D eigenvalue weighted by Gasteiger charge is -2.53. The Morgan fingerprint density at radius 2 is 0.582 bits per heavy atom. The Bertz CT molecular complexity index is 1630. The predicted octanol–water partition coefficient (Wildman–Crippen LogP) is 17.4. The molecule has 10 aliphatic carbocycles. The molecule has 6 fully saturated rings. The molecule has 5 nitrogen and oxygen atoms in total. The molecule has 11 heteroatoms. The fourth-order valence-electron chi connectivity index (χ4n) is 16.2. The van der Waals surface area contributed by atoms with Gasteiger partial charge in [-0.15, -0.1) is 0 Å². The maximum atomic E-state index is 8.80. The molecule has 10 aliphatic rings. The van der Waals surface area contributed by atoms with Crippen molar-refractivity contribution < 1.29 is 20.6 Å². The van der Waals surface area contributed by atoms with Gasteiger partial charge in [-0.05, 0) is 252 Å². The summed E-state index contributed by atoms with van der Waals surface area (Å²) in [5.74, 6) is 6.64. The van der Waals surface area contributed by atoms with Gasteiger partial charge in [-0.2, -0.15) is 0 Å². The average molecular weight is 1020 g/mol. The molecule has 0 spiro atoms. The maximum Gasteiger partial charge on any atom is 0.475 e. The van der Waals surface area contributed by atoms with Gasteiger partial charge in [0.1, 0.15) is 0 Å². The number of fused-ring (bicyclic) bond motifs is 8. The van der Waals surface area contributed by atoms with E-state index in [1.165, 1.54) is 191 Å². The Morgan fingerprint density at radius 1 is 0.328 bits per heavy atom. The summed E-state index contributed by atoms with van der Waals surface area (Å²) in [7, 11) is -16.2. The van der Waals surface area contributed by atoms with Gasteiger partial charge in [0.2, 0.25) is 0 Å². The molecule has 0 amide bonds. The highest BCUT2D eigenvalue weighted by atomic mass is 28.5. The van der Waals surface area contributed by atoms with Crippen molar-refractivity contribution in [1.82, 2.24) is 0 Å². The summed E-state index contributed by atoms with van der Waals surface area (Å²) in [4.78, 5) is 0. The van der Waals surface area contributed by atoms with E-state index < -0.39 is 50.9 Å². The van der Waals surface area contributed by atoms with Gasteiger partial charge in [-0.25, -0.2) is 0 Å². The van der Waals surface area contributed by atoms with Gasteiger partial charge >= 0.3 is 17.6 Å². The van der Waals surface area contributed by atoms with Crippen LogP contribution >= 0.6 is 0 Å². The van der Waals surface area contributed by atoms with Crippen LogP contribution in [0.3, 0.4) is 0 Å². The number of hydrogen-bond donors (Lipinski definition) is 0. The molecule has 0 aromatic carbocycles. The average Bonchev–Trinajstić information content (AvgIpc) is 4.17. The molecule has 0 heterocycles. The summed E-state index contributed by atoms with van der Waals surface area (Å²) in [6.45, 7) is 20.6. The van der Waals surface area contributed by atoms with Crippen LogP contribution in [0.25, 0.3) is 0 Å². The predicted molar refractivity (Wildman–Crippen MR) is 294 cm³/mol. The molecule has 8 atom stereocenters. The minimum Gasteiger partial charge on any atom is -0.416 e. The van der Waals surface area contributed by atoms with E-state index >= 15 is 0 Å². The fraction of sp³-hybridized carbons (Fsp3) is 0.857. The zero-order valence-corrected chi connectivity index (χ0v) is 50.3. The Kier molecular flexibility index (Phi) is 15.4. The van der Waals surface area contributed by atoms with Gasteiger partial charge in [0.05, 0.1) is 0 Å². The van der Waals surface area contributed by atoms with E-state index in [9.17, 15) is 0 Å². The molecule has 376 valence electrons. The van der Waals surface area contributed by atoms with Crippen molar-refractivity contribution in [2.45, 2.75) is 255 Å². The van der Waals surface area contributed by atoms with Gasteiger partial charge < -0.3 is 20.6 Å². The van der Waals surface area contributed by atoms with Crippen LogP contribution in [0.15, 0.2) is 46.6 Å². The molecule has 6 saturated carbocycles. The molecule has 0 aromatic rings. The van der Waals surface area contributed by atoms with Crippen LogP contribution in [-0.4, -0.2) is 50.9 Å². The summed E-state index contributed by atoms with van der Waals surface area (Å²) in [6, 6.07) is 4.68. The Balaban J connectivity index is 1.03. The van der Waals surface area contributed by atoms with Crippen LogP contribution in [0.4, 0.5) is 0 Å². The molecule has 10 rings (SSSR count). The molecule has 0 radical (unpaired) electrons.